The van der Waals surface area contributed by atoms with Crippen molar-refractivity contribution in [1.29, 1.82) is 0 Å². The van der Waals surface area contributed by atoms with Crippen molar-refractivity contribution in [1.82, 2.24) is 4.90 Å². The number of allylic oxidation sites excluding steroid dienone is 1. The van der Waals surface area contributed by atoms with Crippen LogP contribution in [-0.4, -0.2) is 40.4 Å². The van der Waals surface area contributed by atoms with Crippen LogP contribution in [0.4, 0.5) is 4.79 Å². The molecule has 0 unspecified atom stereocenters. The second-order valence-corrected chi connectivity index (χ2v) is 6.02. The van der Waals surface area contributed by atoms with Gasteiger partial charge in [0.1, 0.15) is 5.60 Å². The lowest BCUT2D eigenvalue weighted by Gasteiger charge is -2.38. The highest BCUT2D eigenvalue weighted by Gasteiger charge is 2.34. The van der Waals surface area contributed by atoms with Gasteiger partial charge in [0.15, 0.2) is 0 Å². The van der Waals surface area contributed by atoms with Crippen LogP contribution < -0.4 is 0 Å². The Bertz CT molecular complexity index is 299. The molecule has 1 heterocycles. The lowest BCUT2D eigenvalue weighted by molar-refractivity contribution is -0.0359. The van der Waals surface area contributed by atoms with Gasteiger partial charge in [0.05, 0.1) is 5.60 Å². The molecule has 1 amide bonds. The van der Waals surface area contributed by atoms with Gasteiger partial charge < -0.3 is 14.7 Å². The third-order valence-corrected chi connectivity index (χ3v) is 3.16. The Morgan fingerprint density at radius 2 is 2.00 bits per heavy atom. The van der Waals surface area contributed by atoms with Gasteiger partial charge in [-0.1, -0.05) is 6.08 Å². The Labute approximate surface area is 110 Å². The quantitative estimate of drug-likeness (QED) is 0.789. The van der Waals surface area contributed by atoms with Gasteiger partial charge in [-0.2, -0.15) is 0 Å². The van der Waals surface area contributed by atoms with E-state index in [-0.39, 0.29) is 6.09 Å². The number of nitrogens with zero attached hydrogens (tertiary/aromatic N) is 1. The molecule has 18 heavy (non-hydrogen) atoms. The average Bonchev–Trinajstić information content (AvgIpc) is 2.25. The molecule has 4 heteroatoms. The molecule has 0 bridgehead atoms. The van der Waals surface area contributed by atoms with Crippen LogP contribution in [0.1, 0.15) is 46.5 Å². The van der Waals surface area contributed by atoms with Crippen LogP contribution in [0.25, 0.3) is 0 Å². The largest absolute Gasteiger partial charge is 0.444 e. The van der Waals surface area contributed by atoms with Gasteiger partial charge in [-0.15, -0.1) is 6.58 Å². The molecule has 1 aliphatic heterocycles. The molecule has 1 rings (SSSR count). The first-order chi connectivity index (χ1) is 8.26. The van der Waals surface area contributed by atoms with E-state index in [1.807, 2.05) is 26.8 Å². The zero-order valence-corrected chi connectivity index (χ0v) is 11.7. The molecule has 4 nitrogen and oxygen atoms in total. The zero-order valence-electron chi connectivity index (χ0n) is 11.7. The second kappa shape index (κ2) is 5.74. The predicted molar refractivity (Wildman–Crippen MR) is 71.4 cm³/mol. The van der Waals surface area contributed by atoms with E-state index >= 15 is 0 Å². The molecule has 0 aromatic rings. The number of aliphatic hydroxyl groups is 1. The summed E-state index contributed by atoms with van der Waals surface area (Å²) in [7, 11) is 0. The summed E-state index contributed by atoms with van der Waals surface area (Å²) >= 11 is 0. The normalized spacial score (nSPS) is 19.4. The van der Waals surface area contributed by atoms with Crippen molar-refractivity contribution in [3.05, 3.63) is 12.7 Å². The van der Waals surface area contributed by atoms with Crippen molar-refractivity contribution >= 4 is 6.09 Å². The fourth-order valence-electron chi connectivity index (χ4n) is 2.05. The summed E-state index contributed by atoms with van der Waals surface area (Å²) in [5.41, 5.74) is -1.11. The number of carbonyl (C=O) groups is 1. The van der Waals surface area contributed by atoms with Crippen LogP contribution in [0.5, 0.6) is 0 Å². The van der Waals surface area contributed by atoms with E-state index in [4.69, 9.17) is 4.74 Å². The van der Waals surface area contributed by atoms with E-state index in [1.54, 1.807) is 4.90 Å². The fourth-order valence-corrected chi connectivity index (χ4v) is 2.05. The van der Waals surface area contributed by atoms with E-state index in [0.717, 1.165) is 12.8 Å². The van der Waals surface area contributed by atoms with Gasteiger partial charge in [-0.3, -0.25) is 0 Å². The molecule has 0 aromatic carbocycles. The molecule has 1 N–H and O–H groups in total. The van der Waals surface area contributed by atoms with Crippen molar-refractivity contribution in [2.75, 3.05) is 13.1 Å². The lowest BCUT2D eigenvalue weighted by atomic mass is 9.87. The van der Waals surface area contributed by atoms with Gasteiger partial charge in [0.2, 0.25) is 0 Å². The van der Waals surface area contributed by atoms with E-state index in [2.05, 4.69) is 6.58 Å². The van der Waals surface area contributed by atoms with Crippen molar-refractivity contribution in [3.8, 4) is 0 Å². The average molecular weight is 255 g/mol. The predicted octanol–water partition coefficient (Wildman–Crippen LogP) is 2.71. The van der Waals surface area contributed by atoms with Crippen LogP contribution in [0, 0.1) is 0 Å². The molecule has 0 spiro atoms. The summed E-state index contributed by atoms with van der Waals surface area (Å²) in [4.78, 5) is 13.5. The first-order valence-corrected chi connectivity index (χ1v) is 6.57. The number of carbonyl (C=O) groups excluding carboxylic acids is 1. The highest BCUT2D eigenvalue weighted by Crippen LogP contribution is 2.27. The SMILES string of the molecule is C=CCCC1(O)CCN(C(=O)OC(C)(C)C)CC1. The number of ether oxygens (including phenoxy) is 1. The molecule has 1 aliphatic rings. The molecular weight excluding hydrogens is 230 g/mol. The second-order valence-electron chi connectivity index (χ2n) is 6.02. The highest BCUT2D eigenvalue weighted by atomic mass is 16.6. The zero-order chi connectivity index (χ0) is 13.8. The number of hydrogen-bond donors (Lipinski definition) is 1. The van der Waals surface area contributed by atoms with E-state index in [1.165, 1.54) is 0 Å². The fraction of sp³-hybridized carbons (Fsp3) is 0.786. The number of hydrogen-bond acceptors (Lipinski definition) is 3. The molecule has 0 aliphatic carbocycles. The Kier molecular flexibility index (Phi) is 4.79. The van der Waals surface area contributed by atoms with Gasteiger partial charge in [0.25, 0.3) is 0 Å². The molecule has 1 fully saturated rings. The lowest BCUT2D eigenvalue weighted by Crippen LogP contribution is -2.48. The number of amides is 1. The molecule has 0 saturated carbocycles. The summed E-state index contributed by atoms with van der Waals surface area (Å²) in [6.45, 7) is 10.3. The Morgan fingerprint density at radius 3 is 2.44 bits per heavy atom. The maximum Gasteiger partial charge on any atom is 0.410 e. The minimum atomic E-state index is -0.646. The number of rotatable bonds is 3. The minimum absolute atomic E-state index is 0.284. The standard InChI is InChI=1S/C14H25NO3/c1-5-6-7-14(17)8-10-15(11-9-14)12(16)18-13(2,3)4/h5,17H,1,6-11H2,2-4H3. The topological polar surface area (TPSA) is 49.8 Å². The van der Waals surface area contributed by atoms with Crippen molar-refractivity contribution in [2.45, 2.75) is 57.7 Å². The Hall–Kier alpha value is -1.03. The summed E-state index contributed by atoms with van der Waals surface area (Å²) < 4.78 is 5.32. The van der Waals surface area contributed by atoms with E-state index in [9.17, 15) is 9.90 Å². The van der Waals surface area contributed by atoms with Gasteiger partial charge in [-0.05, 0) is 46.5 Å². The summed E-state index contributed by atoms with van der Waals surface area (Å²) in [6, 6.07) is 0. The van der Waals surface area contributed by atoms with Crippen LogP contribution in [-0.2, 0) is 4.74 Å². The smallest absolute Gasteiger partial charge is 0.410 e. The molecular formula is C14H25NO3. The Morgan fingerprint density at radius 1 is 1.44 bits per heavy atom. The third kappa shape index (κ3) is 4.69. The van der Waals surface area contributed by atoms with Crippen LogP contribution >= 0.6 is 0 Å². The van der Waals surface area contributed by atoms with Crippen molar-refractivity contribution in [2.24, 2.45) is 0 Å². The van der Waals surface area contributed by atoms with Gasteiger partial charge >= 0.3 is 6.09 Å². The summed E-state index contributed by atoms with van der Waals surface area (Å²) in [5.74, 6) is 0. The maximum absolute atomic E-state index is 11.8. The van der Waals surface area contributed by atoms with Crippen molar-refractivity contribution < 1.29 is 14.6 Å². The first-order valence-electron chi connectivity index (χ1n) is 6.57. The molecule has 0 atom stereocenters. The van der Waals surface area contributed by atoms with E-state index < -0.39 is 11.2 Å². The Balaban J connectivity index is 2.43. The number of likely N-dealkylation sites (tertiary alicyclic amines) is 1. The monoisotopic (exact) mass is 255 g/mol. The number of piperidine rings is 1. The molecule has 104 valence electrons. The molecule has 0 aromatic heterocycles. The van der Waals surface area contributed by atoms with Crippen LogP contribution in [0.3, 0.4) is 0 Å². The molecule has 1 saturated heterocycles. The van der Waals surface area contributed by atoms with Gasteiger partial charge in [0, 0.05) is 13.1 Å². The highest BCUT2D eigenvalue weighted by molar-refractivity contribution is 5.68. The minimum Gasteiger partial charge on any atom is -0.444 e. The maximum atomic E-state index is 11.8. The summed E-state index contributed by atoms with van der Waals surface area (Å²) in [6.07, 6.45) is 4.29. The molecule has 0 radical (unpaired) electrons. The van der Waals surface area contributed by atoms with Crippen molar-refractivity contribution in [3.63, 3.8) is 0 Å². The van der Waals surface area contributed by atoms with Crippen LogP contribution in [0.15, 0.2) is 12.7 Å². The summed E-state index contributed by atoms with van der Waals surface area (Å²) in [5, 5.41) is 10.3. The van der Waals surface area contributed by atoms with E-state index in [0.29, 0.717) is 25.9 Å². The van der Waals surface area contributed by atoms with Gasteiger partial charge in [-0.25, -0.2) is 4.79 Å². The third-order valence-electron chi connectivity index (χ3n) is 3.16. The van der Waals surface area contributed by atoms with Crippen LogP contribution in [0.2, 0.25) is 0 Å². The first kappa shape index (κ1) is 15.0.